The molecule has 0 spiro atoms. The molecule has 0 aromatic heterocycles. The number of hydrogen-bond acceptors (Lipinski definition) is 3. The SMILES string of the molecule is CN(C)C1CCCC/C1=N\O. The fourth-order valence-electron chi connectivity index (χ4n) is 1.65. The van der Waals surface area contributed by atoms with Crippen LogP contribution in [0.5, 0.6) is 0 Å². The van der Waals surface area contributed by atoms with Gasteiger partial charge in [-0.1, -0.05) is 11.6 Å². The molecule has 1 aliphatic carbocycles. The van der Waals surface area contributed by atoms with E-state index in [4.69, 9.17) is 5.21 Å². The van der Waals surface area contributed by atoms with Gasteiger partial charge >= 0.3 is 0 Å². The lowest BCUT2D eigenvalue weighted by atomic mass is 9.93. The first-order chi connectivity index (χ1) is 5.25. The molecule has 0 heterocycles. The Balaban J connectivity index is 2.59. The fourth-order valence-corrected chi connectivity index (χ4v) is 1.65. The average molecular weight is 156 g/mol. The third-order valence-corrected chi connectivity index (χ3v) is 2.30. The van der Waals surface area contributed by atoms with Crippen LogP contribution in [-0.2, 0) is 0 Å². The molecule has 1 saturated carbocycles. The molecule has 0 saturated heterocycles. The molecule has 0 aromatic carbocycles. The van der Waals surface area contributed by atoms with E-state index in [0.29, 0.717) is 6.04 Å². The Morgan fingerprint density at radius 2 is 2.18 bits per heavy atom. The summed E-state index contributed by atoms with van der Waals surface area (Å²) in [5, 5.41) is 12.0. The van der Waals surface area contributed by atoms with E-state index in [2.05, 4.69) is 10.1 Å². The predicted octanol–water partition coefficient (Wildman–Crippen LogP) is 1.32. The molecule has 3 heteroatoms. The standard InChI is InChI=1S/C8H16N2O/c1-10(2)8-6-4-3-5-7(8)9-11/h8,11H,3-6H2,1-2H3/b9-7+. The van der Waals surface area contributed by atoms with E-state index < -0.39 is 0 Å². The van der Waals surface area contributed by atoms with Crippen molar-refractivity contribution in [1.82, 2.24) is 4.90 Å². The van der Waals surface area contributed by atoms with Crippen molar-refractivity contribution in [1.29, 1.82) is 0 Å². The first-order valence-electron chi connectivity index (χ1n) is 4.13. The molecule has 1 unspecified atom stereocenters. The lowest BCUT2D eigenvalue weighted by Gasteiger charge is -2.28. The highest BCUT2D eigenvalue weighted by atomic mass is 16.4. The fraction of sp³-hybridized carbons (Fsp3) is 0.875. The highest BCUT2D eigenvalue weighted by Crippen LogP contribution is 2.18. The Hall–Kier alpha value is -0.570. The van der Waals surface area contributed by atoms with E-state index in [-0.39, 0.29) is 0 Å². The predicted molar refractivity (Wildman–Crippen MR) is 45.2 cm³/mol. The van der Waals surface area contributed by atoms with Crippen molar-refractivity contribution in [3.8, 4) is 0 Å². The van der Waals surface area contributed by atoms with Crippen molar-refractivity contribution in [3.63, 3.8) is 0 Å². The summed E-state index contributed by atoms with van der Waals surface area (Å²) in [4.78, 5) is 2.12. The summed E-state index contributed by atoms with van der Waals surface area (Å²) >= 11 is 0. The maximum absolute atomic E-state index is 8.67. The van der Waals surface area contributed by atoms with E-state index in [0.717, 1.165) is 18.6 Å². The lowest BCUT2D eigenvalue weighted by molar-refractivity contribution is 0.283. The van der Waals surface area contributed by atoms with Crippen LogP contribution in [0.2, 0.25) is 0 Å². The van der Waals surface area contributed by atoms with Crippen molar-refractivity contribution in [3.05, 3.63) is 0 Å². The van der Waals surface area contributed by atoms with Crippen LogP contribution in [0.1, 0.15) is 25.7 Å². The van der Waals surface area contributed by atoms with Gasteiger partial charge in [-0.3, -0.25) is 0 Å². The molecule has 11 heavy (non-hydrogen) atoms. The van der Waals surface area contributed by atoms with Crippen LogP contribution in [-0.4, -0.2) is 36.0 Å². The van der Waals surface area contributed by atoms with Gasteiger partial charge in [0.1, 0.15) is 0 Å². The summed E-state index contributed by atoms with van der Waals surface area (Å²) in [5.41, 5.74) is 0.946. The molecule has 64 valence electrons. The van der Waals surface area contributed by atoms with Crippen LogP contribution >= 0.6 is 0 Å². The molecule has 1 fully saturated rings. The number of oxime groups is 1. The summed E-state index contributed by atoms with van der Waals surface area (Å²) in [7, 11) is 4.06. The second kappa shape index (κ2) is 3.72. The molecule has 0 aromatic rings. The topological polar surface area (TPSA) is 35.8 Å². The molecule has 1 aliphatic rings. The maximum atomic E-state index is 8.67. The van der Waals surface area contributed by atoms with Crippen molar-refractivity contribution < 1.29 is 5.21 Å². The van der Waals surface area contributed by atoms with Gasteiger partial charge in [0.2, 0.25) is 0 Å². The molecule has 0 bridgehead atoms. The zero-order valence-electron chi connectivity index (χ0n) is 7.25. The van der Waals surface area contributed by atoms with Gasteiger partial charge in [-0.2, -0.15) is 0 Å². The first kappa shape index (κ1) is 8.53. The molecule has 1 rings (SSSR count). The van der Waals surface area contributed by atoms with Gasteiger partial charge in [-0.15, -0.1) is 0 Å². The molecule has 0 aliphatic heterocycles. The Morgan fingerprint density at radius 3 is 2.64 bits per heavy atom. The van der Waals surface area contributed by atoms with Crippen molar-refractivity contribution in [2.24, 2.45) is 5.16 Å². The first-order valence-corrected chi connectivity index (χ1v) is 4.13. The van der Waals surface area contributed by atoms with E-state index in [1.54, 1.807) is 0 Å². The van der Waals surface area contributed by atoms with E-state index in [1.165, 1.54) is 12.8 Å². The van der Waals surface area contributed by atoms with Gasteiger partial charge in [0.15, 0.2) is 0 Å². The molecule has 1 atom stereocenters. The zero-order chi connectivity index (χ0) is 8.27. The third kappa shape index (κ3) is 1.93. The van der Waals surface area contributed by atoms with E-state index >= 15 is 0 Å². The largest absolute Gasteiger partial charge is 0.411 e. The van der Waals surface area contributed by atoms with Gasteiger partial charge in [0.25, 0.3) is 0 Å². The van der Waals surface area contributed by atoms with Gasteiger partial charge in [-0.25, -0.2) is 0 Å². The molecule has 1 N–H and O–H groups in total. The van der Waals surface area contributed by atoms with Gasteiger partial charge in [0, 0.05) is 0 Å². The van der Waals surface area contributed by atoms with Gasteiger partial charge in [-0.05, 0) is 33.4 Å². The van der Waals surface area contributed by atoms with Crippen LogP contribution in [0.25, 0.3) is 0 Å². The van der Waals surface area contributed by atoms with Crippen LogP contribution in [0, 0.1) is 0 Å². The van der Waals surface area contributed by atoms with Crippen LogP contribution in [0.15, 0.2) is 5.16 Å². The highest BCUT2D eigenvalue weighted by Gasteiger charge is 2.22. The Labute approximate surface area is 67.7 Å². The molecule has 0 amide bonds. The van der Waals surface area contributed by atoms with E-state index in [1.807, 2.05) is 14.1 Å². The summed E-state index contributed by atoms with van der Waals surface area (Å²) < 4.78 is 0. The monoisotopic (exact) mass is 156 g/mol. The summed E-state index contributed by atoms with van der Waals surface area (Å²) in [6, 6.07) is 0.369. The Morgan fingerprint density at radius 1 is 1.45 bits per heavy atom. The molecule has 0 radical (unpaired) electrons. The minimum Gasteiger partial charge on any atom is -0.411 e. The van der Waals surface area contributed by atoms with Crippen LogP contribution in [0.4, 0.5) is 0 Å². The molecular formula is C8H16N2O. The molecule has 3 nitrogen and oxygen atoms in total. The van der Waals surface area contributed by atoms with Crippen LogP contribution in [0.3, 0.4) is 0 Å². The number of hydrogen-bond donors (Lipinski definition) is 1. The van der Waals surface area contributed by atoms with E-state index in [9.17, 15) is 0 Å². The Kier molecular flexibility index (Phi) is 2.88. The van der Waals surface area contributed by atoms with Crippen molar-refractivity contribution >= 4 is 5.71 Å². The summed E-state index contributed by atoms with van der Waals surface area (Å²) in [5.74, 6) is 0. The average Bonchev–Trinajstić information content (AvgIpc) is 2.04. The lowest BCUT2D eigenvalue weighted by Crippen LogP contribution is -2.37. The number of rotatable bonds is 1. The smallest absolute Gasteiger partial charge is 0.0741 e. The van der Waals surface area contributed by atoms with Crippen LogP contribution < -0.4 is 0 Å². The molecular weight excluding hydrogens is 140 g/mol. The summed E-state index contributed by atoms with van der Waals surface area (Å²) in [6.07, 6.45) is 4.51. The van der Waals surface area contributed by atoms with Gasteiger partial charge in [0.05, 0.1) is 11.8 Å². The van der Waals surface area contributed by atoms with Gasteiger partial charge < -0.3 is 10.1 Å². The second-order valence-electron chi connectivity index (χ2n) is 3.32. The quantitative estimate of drug-likeness (QED) is 0.459. The normalized spacial score (nSPS) is 29.7. The second-order valence-corrected chi connectivity index (χ2v) is 3.32. The number of nitrogens with zero attached hydrogens (tertiary/aromatic N) is 2. The highest BCUT2D eigenvalue weighted by molar-refractivity contribution is 5.89. The van der Waals surface area contributed by atoms with Crippen molar-refractivity contribution in [2.45, 2.75) is 31.7 Å². The third-order valence-electron chi connectivity index (χ3n) is 2.30. The zero-order valence-corrected chi connectivity index (χ0v) is 7.25. The van der Waals surface area contributed by atoms with Crippen molar-refractivity contribution in [2.75, 3.05) is 14.1 Å². The summed E-state index contributed by atoms with van der Waals surface area (Å²) in [6.45, 7) is 0. The Bertz CT molecular complexity index is 154. The maximum Gasteiger partial charge on any atom is 0.0741 e. The minimum absolute atomic E-state index is 0.369. The minimum atomic E-state index is 0.369.